The Morgan fingerprint density at radius 1 is 1.09 bits per heavy atom. The van der Waals surface area contributed by atoms with E-state index in [0.717, 1.165) is 11.3 Å². The van der Waals surface area contributed by atoms with Gasteiger partial charge in [0.15, 0.2) is 5.16 Å². The minimum absolute atomic E-state index is 0.113. The van der Waals surface area contributed by atoms with Gasteiger partial charge >= 0.3 is 0 Å². The quantitative estimate of drug-likeness (QED) is 0.405. The minimum Gasteiger partial charge on any atom is -0.337 e. The first-order valence-corrected chi connectivity index (χ1v) is 11.2. The summed E-state index contributed by atoms with van der Waals surface area (Å²) in [6.45, 7) is 0.434. The van der Waals surface area contributed by atoms with Gasteiger partial charge in [-0.25, -0.2) is 4.68 Å². The van der Waals surface area contributed by atoms with Gasteiger partial charge in [-0.3, -0.25) is 9.59 Å². The molecule has 4 aromatic rings. The molecule has 0 radical (unpaired) electrons. The summed E-state index contributed by atoms with van der Waals surface area (Å²) in [6.07, 6.45) is 5.26. The lowest BCUT2D eigenvalue weighted by atomic mass is 10.1. The number of carbonyl (C=O) groups excluding carboxylic acids is 2. The monoisotopic (exact) mass is 461 g/mol. The number of rotatable bonds is 8. The molecule has 0 atom stereocenters. The minimum atomic E-state index is -0.158. The number of thioether (sulfide) groups is 1. The molecule has 9 nitrogen and oxygen atoms in total. The number of amides is 2. The molecule has 0 unspecified atom stereocenters. The van der Waals surface area contributed by atoms with Crippen LogP contribution in [0.25, 0.3) is 5.69 Å². The number of hydrogen-bond acceptors (Lipinski definition) is 6. The van der Waals surface area contributed by atoms with Gasteiger partial charge in [-0.2, -0.15) is 5.10 Å². The standard InChI is InChI=1S/C23H23N7O2S/c1-28(13-17-12-25-30(14-17)20-6-4-3-5-7-20)22(32)18-8-10-19(11-9-18)26-21(31)15-33-23-27-24-16-29(23)2/h3-12,14,16H,13,15H2,1-2H3,(H,26,31). The zero-order chi connectivity index (χ0) is 23.2. The first kappa shape index (κ1) is 22.3. The molecule has 2 aromatic carbocycles. The summed E-state index contributed by atoms with van der Waals surface area (Å²) >= 11 is 1.30. The van der Waals surface area contributed by atoms with Gasteiger partial charge < -0.3 is 14.8 Å². The van der Waals surface area contributed by atoms with Crippen LogP contribution in [0.15, 0.2) is 78.5 Å². The van der Waals surface area contributed by atoms with Crippen LogP contribution in [0.3, 0.4) is 0 Å². The van der Waals surface area contributed by atoms with Crippen LogP contribution >= 0.6 is 11.8 Å². The third-order valence-electron chi connectivity index (χ3n) is 4.84. The SMILES string of the molecule is CN(Cc1cnn(-c2ccccc2)c1)C(=O)c1ccc(NC(=O)CSc2nncn2C)cc1. The number of para-hydroxylation sites is 1. The molecular formula is C23H23N7O2S. The number of nitrogens with zero attached hydrogens (tertiary/aromatic N) is 6. The van der Waals surface area contributed by atoms with Crippen molar-refractivity contribution in [3.05, 3.63) is 84.4 Å². The Kier molecular flexibility index (Phi) is 6.84. The van der Waals surface area contributed by atoms with E-state index < -0.39 is 0 Å². The Bertz CT molecular complexity index is 1240. The molecular weight excluding hydrogens is 438 g/mol. The second-order valence-corrected chi connectivity index (χ2v) is 8.37. The van der Waals surface area contributed by atoms with Crippen molar-refractivity contribution in [2.75, 3.05) is 18.1 Å². The number of benzene rings is 2. The van der Waals surface area contributed by atoms with Gasteiger partial charge in [-0.15, -0.1) is 10.2 Å². The molecule has 0 bridgehead atoms. The molecule has 2 heterocycles. The fourth-order valence-corrected chi connectivity index (χ4v) is 3.84. The van der Waals surface area contributed by atoms with E-state index in [1.807, 2.05) is 43.6 Å². The lowest BCUT2D eigenvalue weighted by Crippen LogP contribution is -2.26. The van der Waals surface area contributed by atoms with E-state index in [4.69, 9.17) is 0 Å². The lowest BCUT2D eigenvalue weighted by molar-refractivity contribution is -0.113. The Morgan fingerprint density at radius 3 is 2.55 bits per heavy atom. The number of nitrogens with one attached hydrogen (secondary N) is 1. The average molecular weight is 462 g/mol. The summed E-state index contributed by atoms with van der Waals surface area (Å²) in [4.78, 5) is 26.6. The third-order valence-corrected chi connectivity index (χ3v) is 5.88. The van der Waals surface area contributed by atoms with Crippen LogP contribution < -0.4 is 5.32 Å². The summed E-state index contributed by atoms with van der Waals surface area (Å²) in [7, 11) is 3.57. The van der Waals surface area contributed by atoms with Crippen molar-refractivity contribution in [3.8, 4) is 5.69 Å². The molecule has 10 heteroatoms. The van der Waals surface area contributed by atoms with E-state index in [-0.39, 0.29) is 17.6 Å². The molecule has 168 valence electrons. The lowest BCUT2D eigenvalue weighted by Gasteiger charge is -2.16. The Labute approximate surface area is 195 Å². The van der Waals surface area contributed by atoms with Crippen LogP contribution in [0.5, 0.6) is 0 Å². The van der Waals surface area contributed by atoms with Crippen molar-refractivity contribution in [1.29, 1.82) is 0 Å². The van der Waals surface area contributed by atoms with Crippen molar-refractivity contribution < 1.29 is 9.59 Å². The molecule has 0 aliphatic rings. The predicted octanol–water partition coefficient (Wildman–Crippen LogP) is 3.00. The highest BCUT2D eigenvalue weighted by Crippen LogP contribution is 2.16. The molecule has 0 aliphatic carbocycles. The summed E-state index contributed by atoms with van der Waals surface area (Å²) in [5.74, 6) is -0.0557. The van der Waals surface area contributed by atoms with Crippen molar-refractivity contribution in [2.24, 2.45) is 7.05 Å². The van der Waals surface area contributed by atoms with Gasteiger partial charge in [0, 0.05) is 43.7 Å². The fourth-order valence-electron chi connectivity index (χ4n) is 3.16. The van der Waals surface area contributed by atoms with Crippen LogP contribution in [-0.4, -0.2) is 54.1 Å². The summed E-state index contributed by atoms with van der Waals surface area (Å²) in [5.41, 5.74) is 3.06. The van der Waals surface area contributed by atoms with E-state index in [9.17, 15) is 9.59 Å². The highest BCUT2D eigenvalue weighted by atomic mass is 32.2. The van der Waals surface area contributed by atoms with Crippen molar-refractivity contribution >= 4 is 29.3 Å². The van der Waals surface area contributed by atoms with Crippen LogP contribution in [0.4, 0.5) is 5.69 Å². The molecule has 1 N–H and O–H groups in total. The van der Waals surface area contributed by atoms with Gasteiger partial charge in [-0.05, 0) is 36.4 Å². The second kappa shape index (κ2) is 10.1. The van der Waals surface area contributed by atoms with Crippen molar-refractivity contribution in [1.82, 2.24) is 29.4 Å². The summed E-state index contributed by atoms with van der Waals surface area (Å²) in [5, 5.41) is 15.6. The normalized spacial score (nSPS) is 10.7. The highest BCUT2D eigenvalue weighted by Gasteiger charge is 2.14. The van der Waals surface area contributed by atoms with Crippen LogP contribution in [0.1, 0.15) is 15.9 Å². The number of anilines is 1. The summed E-state index contributed by atoms with van der Waals surface area (Å²) < 4.78 is 3.54. The van der Waals surface area contributed by atoms with Crippen molar-refractivity contribution in [2.45, 2.75) is 11.7 Å². The molecule has 2 aromatic heterocycles. The molecule has 0 fully saturated rings. The smallest absolute Gasteiger partial charge is 0.253 e. The van der Waals surface area contributed by atoms with E-state index in [0.29, 0.717) is 23.0 Å². The van der Waals surface area contributed by atoms with Gasteiger partial charge in [0.2, 0.25) is 5.91 Å². The fraction of sp³-hybridized carbons (Fsp3) is 0.174. The van der Waals surface area contributed by atoms with Gasteiger partial charge in [0.05, 0.1) is 17.6 Å². The first-order chi connectivity index (χ1) is 16.0. The van der Waals surface area contributed by atoms with E-state index in [1.165, 1.54) is 11.8 Å². The Hall–Kier alpha value is -3.92. The molecule has 0 spiro atoms. The molecule has 4 rings (SSSR count). The van der Waals surface area contributed by atoms with E-state index in [1.54, 1.807) is 58.0 Å². The Balaban J connectivity index is 1.30. The zero-order valence-corrected chi connectivity index (χ0v) is 19.1. The second-order valence-electron chi connectivity index (χ2n) is 7.43. The number of hydrogen-bond donors (Lipinski definition) is 1. The van der Waals surface area contributed by atoms with E-state index >= 15 is 0 Å². The van der Waals surface area contributed by atoms with E-state index in [2.05, 4.69) is 20.6 Å². The summed E-state index contributed by atoms with van der Waals surface area (Å²) in [6, 6.07) is 16.7. The molecule has 0 saturated carbocycles. The highest BCUT2D eigenvalue weighted by molar-refractivity contribution is 7.99. The van der Waals surface area contributed by atoms with Crippen LogP contribution in [0.2, 0.25) is 0 Å². The molecule has 33 heavy (non-hydrogen) atoms. The number of aryl methyl sites for hydroxylation is 1. The maximum Gasteiger partial charge on any atom is 0.253 e. The van der Waals surface area contributed by atoms with Gasteiger partial charge in [0.25, 0.3) is 5.91 Å². The predicted molar refractivity (Wildman–Crippen MR) is 126 cm³/mol. The van der Waals surface area contributed by atoms with Crippen LogP contribution in [-0.2, 0) is 18.4 Å². The molecule has 0 aliphatic heterocycles. The largest absolute Gasteiger partial charge is 0.337 e. The van der Waals surface area contributed by atoms with Gasteiger partial charge in [-0.1, -0.05) is 30.0 Å². The number of aromatic nitrogens is 5. The maximum atomic E-state index is 12.8. The number of carbonyl (C=O) groups is 2. The topological polar surface area (TPSA) is 97.9 Å². The maximum absolute atomic E-state index is 12.8. The third kappa shape index (κ3) is 5.66. The zero-order valence-electron chi connectivity index (χ0n) is 18.3. The molecule has 2 amide bonds. The first-order valence-electron chi connectivity index (χ1n) is 10.2. The van der Waals surface area contributed by atoms with Crippen molar-refractivity contribution in [3.63, 3.8) is 0 Å². The van der Waals surface area contributed by atoms with Crippen LogP contribution in [0, 0.1) is 0 Å². The Morgan fingerprint density at radius 2 is 1.85 bits per heavy atom. The molecule has 0 saturated heterocycles. The average Bonchev–Trinajstić information content (AvgIpc) is 3.47. The van der Waals surface area contributed by atoms with Gasteiger partial charge in [0.1, 0.15) is 6.33 Å².